The first-order valence-corrected chi connectivity index (χ1v) is 11.7. The molecule has 2 aromatic carbocycles. The van der Waals surface area contributed by atoms with E-state index in [1.807, 2.05) is 42.5 Å². The number of hydrogen-bond donors (Lipinski definition) is 1. The van der Waals surface area contributed by atoms with Crippen LogP contribution in [-0.2, 0) is 11.3 Å². The van der Waals surface area contributed by atoms with E-state index in [1.165, 1.54) is 11.8 Å². The number of carbonyl (C=O) groups is 1. The summed E-state index contributed by atoms with van der Waals surface area (Å²) in [5, 5.41) is 4.11. The first kappa shape index (κ1) is 22.9. The van der Waals surface area contributed by atoms with E-state index in [0.29, 0.717) is 22.6 Å². The number of anilines is 2. The fraction of sp³-hybridized carbons (Fsp3) is 0.375. The largest absolute Gasteiger partial charge is 0.372 e. The second-order valence-corrected chi connectivity index (χ2v) is 8.72. The highest BCUT2D eigenvalue weighted by Crippen LogP contribution is 2.21. The molecule has 0 unspecified atom stereocenters. The first-order valence-electron chi connectivity index (χ1n) is 10.7. The smallest absolute Gasteiger partial charge is 0.262 e. The predicted octanol–water partition coefficient (Wildman–Crippen LogP) is 4.63. The van der Waals surface area contributed by atoms with Crippen LogP contribution >= 0.6 is 11.8 Å². The van der Waals surface area contributed by atoms with Gasteiger partial charge in [-0.15, -0.1) is 0 Å². The summed E-state index contributed by atoms with van der Waals surface area (Å²) >= 11 is 1.29. The van der Waals surface area contributed by atoms with Crippen LogP contribution in [0, 0.1) is 5.92 Å². The molecule has 0 aliphatic heterocycles. The molecule has 1 heterocycles. The lowest BCUT2D eigenvalue weighted by Crippen LogP contribution is -2.26. The van der Waals surface area contributed by atoms with E-state index in [9.17, 15) is 9.59 Å². The molecule has 0 atom stereocenters. The van der Waals surface area contributed by atoms with Gasteiger partial charge in [-0.05, 0) is 56.2 Å². The van der Waals surface area contributed by atoms with E-state index >= 15 is 0 Å². The van der Waals surface area contributed by atoms with Crippen LogP contribution in [0.1, 0.15) is 27.7 Å². The summed E-state index contributed by atoms with van der Waals surface area (Å²) in [4.78, 5) is 32.4. The molecular formula is C24H30N4O2S. The molecule has 3 aromatic rings. The molecule has 0 bridgehead atoms. The van der Waals surface area contributed by atoms with E-state index in [1.54, 1.807) is 10.6 Å². The monoisotopic (exact) mass is 438 g/mol. The Balaban J connectivity index is 1.73. The minimum atomic E-state index is -0.126. The van der Waals surface area contributed by atoms with Crippen molar-refractivity contribution in [3.05, 3.63) is 58.9 Å². The molecule has 164 valence electrons. The Morgan fingerprint density at radius 2 is 1.77 bits per heavy atom. The number of nitrogens with one attached hydrogen (secondary N) is 1. The van der Waals surface area contributed by atoms with Crippen LogP contribution in [-0.4, -0.2) is 34.3 Å². The number of nitrogens with zero attached hydrogens (tertiary/aromatic N) is 3. The number of para-hydroxylation sites is 1. The number of fused-ring (bicyclic) bond motifs is 1. The average molecular weight is 439 g/mol. The highest BCUT2D eigenvalue weighted by atomic mass is 32.2. The lowest BCUT2D eigenvalue weighted by atomic mass is 10.2. The van der Waals surface area contributed by atoms with E-state index in [4.69, 9.17) is 0 Å². The topological polar surface area (TPSA) is 67.2 Å². The van der Waals surface area contributed by atoms with E-state index in [2.05, 4.69) is 42.9 Å². The summed E-state index contributed by atoms with van der Waals surface area (Å²) in [5.41, 5.74) is 2.49. The Morgan fingerprint density at radius 3 is 2.42 bits per heavy atom. The van der Waals surface area contributed by atoms with Crippen molar-refractivity contribution in [1.29, 1.82) is 0 Å². The fourth-order valence-corrected chi connectivity index (χ4v) is 4.26. The van der Waals surface area contributed by atoms with Gasteiger partial charge in [0.2, 0.25) is 5.91 Å². The molecule has 0 spiro atoms. The number of amides is 1. The third-order valence-electron chi connectivity index (χ3n) is 4.99. The predicted molar refractivity (Wildman–Crippen MR) is 130 cm³/mol. The molecule has 0 saturated heterocycles. The van der Waals surface area contributed by atoms with Crippen LogP contribution in [0.25, 0.3) is 10.9 Å². The molecule has 3 rings (SSSR count). The molecule has 1 amide bonds. The molecule has 0 aliphatic rings. The van der Waals surface area contributed by atoms with Crippen molar-refractivity contribution in [2.75, 3.05) is 29.1 Å². The summed E-state index contributed by atoms with van der Waals surface area (Å²) in [7, 11) is 0. The van der Waals surface area contributed by atoms with Gasteiger partial charge in [-0.3, -0.25) is 14.2 Å². The number of benzene rings is 2. The molecule has 0 radical (unpaired) electrons. The molecule has 1 N–H and O–H groups in total. The normalized spacial score (nSPS) is 11.1. The van der Waals surface area contributed by atoms with E-state index in [-0.39, 0.29) is 23.1 Å². The lowest BCUT2D eigenvalue weighted by Gasteiger charge is -2.21. The van der Waals surface area contributed by atoms with Crippen molar-refractivity contribution < 1.29 is 4.79 Å². The second-order valence-electron chi connectivity index (χ2n) is 7.78. The molecule has 1 aromatic heterocycles. The van der Waals surface area contributed by atoms with Gasteiger partial charge in [-0.25, -0.2) is 4.98 Å². The van der Waals surface area contributed by atoms with Crippen molar-refractivity contribution in [2.45, 2.75) is 39.4 Å². The maximum absolute atomic E-state index is 13.0. The van der Waals surface area contributed by atoms with Crippen LogP contribution in [0.5, 0.6) is 0 Å². The van der Waals surface area contributed by atoms with Gasteiger partial charge < -0.3 is 10.2 Å². The van der Waals surface area contributed by atoms with E-state index in [0.717, 1.165) is 24.5 Å². The van der Waals surface area contributed by atoms with Crippen LogP contribution in [0.4, 0.5) is 11.4 Å². The Hall–Kier alpha value is -2.80. The summed E-state index contributed by atoms with van der Waals surface area (Å²) < 4.78 is 1.68. The van der Waals surface area contributed by atoms with Gasteiger partial charge in [0.1, 0.15) is 0 Å². The van der Waals surface area contributed by atoms with Crippen molar-refractivity contribution in [2.24, 2.45) is 5.92 Å². The zero-order valence-corrected chi connectivity index (χ0v) is 19.4. The maximum atomic E-state index is 13.0. The van der Waals surface area contributed by atoms with Crippen LogP contribution in [0.15, 0.2) is 58.5 Å². The zero-order chi connectivity index (χ0) is 22.4. The minimum absolute atomic E-state index is 0.0609. The summed E-state index contributed by atoms with van der Waals surface area (Å²) in [6.07, 6.45) is 0. The Kier molecular flexibility index (Phi) is 7.74. The third-order valence-corrected chi connectivity index (χ3v) is 5.96. The van der Waals surface area contributed by atoms with Gasteiger partial charge in [-0.2, -0.15) is 0 Å². The van der Waals surface area contributed by atoms with Gasteiger partial charge >= 0.3 is 0 Å². The maximum Gasteiger partial charge on any atom is 0.262 e. The number of rotatable bonds is 9. The summed E-state index contributed by atoms with van der Waals surface area (Å²) in [5.74, 6) is 0.345. The number of thioether (sulfide) groups is 1. The molecule has 31 heavy (non-hydrogen) atoms. The Morgan fingerprint density at radius 1 is 1.10 bits per heavy atom. The Bertz CT molecular complexity index is 1090. The van der Waals surface area contributed by atoms with Crippen LogP contribution in [0.2, 0.25) is 0 Å². The molecule has 7 heteroatoms. The van der Waals surface area contributed by atoms with Crippen molar-refractivity contribution >= 4 is 39.9 Å². The lowest BCUT2D eigenvalue weighted by molar-refractivity contribution is -0.113. The van der Waals surface area contributed by atoms with Crippen LogP contribution < -0.4 is 15.8 Å². The fourth-order valence-electron chi connectivity index (χ4n) is 3.46. The molecule has 0 aliphatic carbocycles. The van der Waals surface area contributed by atoms with Gasteiger partial charge in [0, 0.05) is 31.0 Å². The molecule has 0 fully saturated rings. The highest BCUT2D eigenvalue weighted by molar-refractivity contribution is 7.99. The summed E-state index contributed by atoms with van der Waals surface area (Å²) in [6, 6.07) is 15.2. The third kappa shape index (κ3) is 5.67. The van der Waals surface area contributed by atoms with Gasteiger partial charge in [0.05, 0.1) is 16.7 Å². The van der Waals surface area contributed by atoms with E-state index < -0.39 is 0 Å². The highest BCUT2D eigenvalue weighted by Gasteiger charge is 2.14. The van der Waals surface area contributed by atoms with Gasteiger partial charge in [-0.1, -0.05) is 37.7 Å². The van der Waals surface area contributed by atoms with Gasteiger partial charge in [0.15, 0.2) is 5.16 Å². The van der Waals surface area contributed by atoms with Crippen LogP contribution in [0.3, 0.4) is 0 Å². The van der Waals surface area contributed by atoms with Crippen molar-refractivity contribution in [1.82, 2.24) is 9.55 Å². The second kappa shape index (κ2) is 10.5. The SMILES string of the molecule is CCN(CC)c1ccc(NC(=O)CSc2nc3ccccc3c(=O)n2CC(C)C)cc1. The number of carbonyl (C=O) groups excluding carboxylic acids is 1. The van der Waals surface area contributed by atoms with Crippen molar-refractivity contribution in [3.8, 4) is 0 Å². The first-order chi connectivity index (χ1) is 14.9. The molecular weight excluding hydrogens is 408 g/mol. The zero-order valence-electron chi connectivity index (χ0n) is 18.6. The standard InChI is InChI=1S/C24H30N4O2S/c1-5-27(6-2)19-13-11-18(12-14-19)25-22(29)16-31-24-26-21-10-8-7-9-20(21)23(30)28(24)15-17(3)4/h7-14,17H,5-6,15-16H2,1-4H3,(H,25,29). The molecule has 0 saturated carbocycles. The quantitative estimate of drug-likeness (QED) is 0.390. The summed E-state index contributed by atoms with van der Waals surface area (Å²) in [6.45, 7) is 10.8. The number of hydrogen-bond acceptors (Lipinski definition) is 5. The number of aromatic nitrogens is 2. The van der Waals surface area contributed by atoms with Crippen molar-refractivity contribution in [3.63, 3.8) is 0 Å². The molecule has 6 nitrogen and oxygen atoms in total. The Labute approximate surface area is 187 Å². The average Bonchev–Trinajstić information content (AvgIpc) is 2.76. The minimum Gasteiger partial charge on any atom is -0.372 e. The van der Waals surface area contributed by atoms with Gasteiger partial charge in [0.25, 0.3) is 5.56 Å².